The SMILES string of the molecule is Cc1cc2c(n1-c1cnccn1)CCCC2=O. The van der Waals surface area contributed by atoms with Crippen LogP contribution in [0.15, 0.2) is 24.7 Å². The molecular formula is C13H13N3O. The fraction of sp³-hybridized carbons (Fsp3) is 0.308. The molecule has 0 unspecified atom stereocenters. The molecule has 0 bridgehead atoms. The summed E-state index contributed by atoms with van der Waals surface area (Å²) in [6, 6.07) is 1.96. The highest BCUT2D eigenvalue weighted by Gasteiger charge is 2.23. The summed E-state index contributed by atoms with van der Waals surface area (Å²) in [5.41, 5.74) is 2.99. The minimum atomic E-state index is 0.247. The highest BCUT2D eigenvalue weighted by atomic mass is 16.1. The third-order valence-corrected chi connectivity index (χ3v) is 3.18. The van der Waals surface area contributed by atoms with Gasteiger partial charge in [0.15, 0.2) is 11.6 Å². The summed E-state index contributed by atoms with van der Waals surface area (Å²) in [7, 11) is 0. The summed E-state index contributed by atoms with van der Waals surface area (Å²) >= 11 is 0. The first-order valence-electron chi connectivity index (χ1n) is 5.78. The van der Waals surface area contributed by atoms with Crippen LogP contribution in [0.4, 0.5) is 0 Å². The third kappa shape index (κ3) is 1.56. The van der Waals surface area contributed by atoms with Crippen molar-refractivity contribution in [3.63, 3.8) is 0 Å². The highest BCUT2D eigenvalue weighted by molar-refractivity contribution is 5.98. The number of carbonyl (C=O) groups is 1. The van der Waals surface area contributed by atoms with Crippen LogP contribution in [0.2, 0.25) is 0 Å². The summed E-state index contributed by atoms with van der Waals surface area (Å²) < 4.78 is 2.04. The second kappa shape index (κ2) is 3.80. The Morgan fingerprint density at radius 1 is 1.29 bits per heavy atom. The normalized spacial score (nSPS) is 14.8. The van der Waals surface area contributed by atoms with Gasteiger partial charge in [0.25, 0.3) is 0 Å². The molecule has 86 valence electrons. The molecule has 0 aromatic carbocycles. The minimum absolute atomic E-state index is 0.247. The zero-order valence-corrected chi connectivity index (χ0v) is 9.68. The number of nitrogens with zero attached hydrogens (tertiary/aromatic N) is 3. The van der Waals surface area contributed by atoms with Crippen molar-refractivity contribution in [3.05, 3.63) is 41.6 Å². The molecule has 0 N–H and O–H groups in total. The van der Waals surface area contributed by atoms with Gasteiger partial charge in [-0.15, -0.1) is 0 Å². The van der Waals surface area contributed by atoms with Crippen LogP contribution < -0.4 is 0 Å². The zero-order chi connectivity index (χ0) is 11.8. The van der Waals surface area contributed by atoms with Crippen molar-refractivity contribution in [3.8, 4) is 5.82 Å². The molecule has 2 heterocycles. The van der Waals surface area contributed by atoms with Crippen LogP contribution in [-0.2, 0) is 6.42 Å². The van der Waals surface area contributed by atoms with E-state index in [-0.39, 0.29) is 5.78 Å². The summed E-state index contributed by atoms with van der Waals surface area (Å²) in [4.78, 5) is 20.2. The molecule has 0 amide bonds. The first-order chi connectivity index (χ1) is 8.27. The summed E-state index contributed by atoms with van der Waals surface area (Å²) in [5.74, 6) is 1.04. The quantitative estimate of drug-likeness (QED) is 0.749. The summed E-state index contributed by atoms with van der Waals surface area (Å²) in [6.45, 7) is 2.00. The Labute approximate surface area is 99.3 Å². The standard InChI is InChI=1S/C13H13N3O/c1-9-7-10-11(3-2-4-12(10)17)16(9)13-8-14-5-6-15-13/h5-8H,2-4H2,1H3. The average Bonchev–Trinajstić information content (AvgIpc) is 2.68. The van der Waals surface area contributed by atoms with Gasteiger partial charge < -0.3 is 4.57 Å². The number of ketones is 1. The van der Waals surface area contributed by atoms with Crippen molar-refractivity contribution in [2.75, 3.05) is 0 Å². The molecule has 0 aliphatic heterocycles. The van der Waals surface area contributed by atoms with E-state index in [1.165, 1.54) is 0 Å². The van der Waals surface area contributed by atoms with Gasteiger partial charge in [-0.05, 0) is 25.8 Å². The Balaban J connectivity index is 2.21. The number of hydrogen-bond acceptors (Lipinski definition) is 3. The van der Waals surface area contributed by atoms with E-state index in [0.717, 1.165) is 35.6 Å². The molecule has 2 aromatic rings. The predicted molar refractivity (Wildman–Crippen MR) is 63.4 cm³/mol. The lowest BCUT2D eigenvalue weighted by Gasteiger charge is -2.14. The molecule has 1 aliphatic carbocycles. The maximum absolute atomic E-state index is 11.8. The number of rotatable bonds is 1. The van der Waals surface area contributed by atoms with Gasteiger partial charge in [0, 0.05) is 35.8 Å². The highest BCUT2D eigenvalue weighted by Crippen LogP contribution is 2.26. The van der Waals surface area contributed by atoms with Gasteiger partial charge in [0.2, 0.25) is 0 Å². The van der Waals surface area contributed by atoms with Crippen molar-refractivity contribution in [1.29, 1.82) is 0 Å². The molecule has 0 spiro atoms. The second-order valence-electron chi connectivity index (χ2n) is 4.32. The molecule has 0 radical (unpaired) electrons. The summed E-state index contributed by atoms with van der Waals surface area (Å²) in [6.07, 6.45) is 7.58. The van der Waals surface area contributed by atoms with Crippen LogP contribution in [0.5, 0.6) is 0 Å². The Hall–Kier alpha value is -1.97. The predicted octanol–water partition coefficient (Wildman–Crippen LogP) is 2.09. The Morgan fingerprint density at radius 2 is 2.18 bits per heavy atom. The third-order valence-electron chi connectivity index (χ3n) is 3.18. The van der Waals surface area contributed by atoms with Gasteiger partial charge in [0.05, 0.1) is 6.20 Å². The van der Waals surface area contributed by atoms with E-state index in [1.54, 1.807) is 18.6 Å². The monoisotopic (exact) mass is 227 g/mol. The van der Waals surface area contributed by atoms with Crippen LogP contribution in [-0.4, -0.2) is 20.3 Å². The van der Waals surface area contributed by atoms with Crippen LogP contribution in [0.3, 0.4) is 0 Å². The number of hydrogen-bond donors (Lipinski definition) is 0. The Kier molecular flexibility index (Phi) is 2.28. The molecule has 4 heteroatoms. The van der Waals surface area contributed by atoms with Gasteiger partial charge in [0.1, 0.15) is 0 Å². The molecule has 0 atom stereocenters. The molecule has 0 fully saturated rings. The van der Waals surface area contributed by atoms with Gasteiger partial charge in [-0.25, -0.2) is 4.98 Å². The Morgan fingerprint density at radius 3 is 2.94 bits per heavy atom. The van der Waals surface area contributed by atoms with Crippen LogP contribution >= 0.6 is 0 Å². The van der Waals surface area contributed by atoms with E-state index in [1.807, 2.05) is 17.6 Å². The van der Waals surface area contributed by atoms with Crippen molar-refractivity contribution in [2.24, 2.45) is 0 Å². The van der Waals surface area contributed by atoms with Crippen LogP contribution in [0.25, 0.3) is 5.82 Å². The molecule has 1 aliphatic rings. The van der Waals surface area contributed by atoms with Crippen molar-refractivity contribution in [2.45, 2.75) is 26.2 Å². The van der Waals surface area contributed by atoms with Crippen molar-refractivity contribution in [1.82, 2.24) is 14.5 Å². The zero-order valence-electron chi connectivity index (χ0n) is 9.68. The molecule has 0 saturated heterocycles. The molecular weight excluding hydrogens is 214 g/mol. The van der Waals surface area contributed by atoms with Crippen molar-refractivity contribution < 1.29 is 4.79 Å². The molecule has 0 saturated carbocycles. The van der Waals surface area contributed by atoms with E-state index in [2.05, 4.69) is 9.97 Å². The lowest BCUT2D eigenvalue weighted by Crippen LogP contribution is -2.13. The van der Waals surface area contributed by atoms with E-state index < -0.39 is 0 Å². The number of aryl methyl sites for hydroxylation is 1. The van der Waals surface area contributed by atoms with Gasteiger partial charge >= 0.3 is 0 Å². The molecule has 4 nitrogen and oxygen atoms in total. The van der Waals surface area contributed by atoms with Gasteiger partial charge in [-0.3, -0.25) is 9.78 Å². The summed E-state index contributed by atoms with van der Waals surface area (Å²) in [5, 5.41) is 0. The first-order valence-corrected chi connectivity index (χ1v) is 5.78. The maximum atomic E-state index is 11.8. The lowest BCUT2D eigenvalue weighted by molar-refractivity contribution is 0.0972. The molecule has 3 rings (SSSR count). The van der Waals surface area contributed by atoms with E-state index >= 15 is 0 Å². The fourth-order valence-corrected chi connectivity index (χ4v) is 2.45. The topological polar surface area (TPSA) is 47.8 Å². The van der Waals surface area contributed by atoms with E-state index in [9.17, 15) is 4.79 Å². The number of carbonyl (C=O) groups excluding carboxylic acids is 1. The van der Waals surface area contributed by atoms with Crippen molar-refractivity contribution >= 4 is 5.78 Å². The van der Waals surface area contributed by atoms with Crippen LogP contribution in [0, 0.1) is 6.92 Å². The van der Waals surface area contributed by atoms with Gasteiger partial charge in [-0.1, -0.05) is 0 Å². The number of fused-ring (bicyclic) bond motifs is 1. The van der Waals surface area contributed by atoms with Crippen LogP contribution in [0.1, 0.15) is 34.6 Å². The van der Waals surface area contributed by atoms with E-state index in [4.69, 9.17) is 0 Å². The lowest BCUT2D eigenvalue weighted by atomic mass is 9.97. The fourth-order valence-electron chi connectivity index (χ4n) is 2.45. The first kappa shape index (κ1) is 10.2. The van der Waals surface area contributed by atoms with Gasteiger partial charge in [-0.2, -0.15) is 0 Å². The largest absolute Gasteiger partial charge is 0.301 e. The number of Topliss-reactive ketones (excluding diaryl/α,β-unsaturated/α-hetero) is 1. The molecule has 2 aromatic heterocycles. The number of aromatic nitrogens is 3. The average molecular weight is 227 g/mol. The molecule has 17 heavy (non-hydrogen) atoms. The maximum Gasteiger partial charge on any atom is 0.164 e. The smallest absolute Gasteiger partial charge is 0.164 e. The second-order valence-corrected chi connectivity index (χ2v) is 4.32. The van der Waals surface area contributed by atoms with E-state index in [0.29, 0.717) is 6.42 Å². The minimum Gasteiger partial charge on any atom is -0.301 e. The Bertz CT molecular complexity index is 572.